The lowest BCUT2D eigenvalue weighted by Crippen LogP contribution is -1.95. The molecule has 0 saturated carbocycles. The normalized spacial score (nSPS) is 12.1. The van der Waals surface area contributed by atoms with Crippen molar-refractivity contribution in [1.82, 2.24) is 15.2 Å². The Morgan fingerprint density at radius 1 is 1.36 bits per heavy atom. The molecule has 0 aliphatic heterocycles. The molecule has 0 fully saturated rings. The smallest absolute Gasteiger partial charge is 0.246 e. The number of carbonyl (C=O) groups is 1. The maximum Gasteiger partial charge on any atom is 0.246 e. The van der Waals surface area contributed by atoms with Crippen molar-refractivity contribution in [1.29, 1.82) is 0 Å². The highest BCUT2D eigenvalue weighted by molar-refractivity contribution is 7.80. The number of aldehydes is 1. The zero-order chi connectivity index (χ0) is 15.5. The fourth-order valence-corrected chi connectivity index (χ4v) is 2.27. The number of aromatic amines is 1. The van der Waals surface area contributed by atoms with E-state index in [1.807, 2.05) is 31.2 Å². The molecule has 0 aliphatic carbocycles. The van der Waals surface area contributed by atoms with Gasteiger partial charge >= 0.3 is 0 Å². The lowest BCUT2D eigenvalue weighted by Gasteiger charge is -2.03. The molecule has 0 saturated heterocycles. The van der Waals surface area contributed by atoms with Gasteiger partial charge in [-0.05, 0) is 36.8 Å². The number of anilines is 2. The van der Waals surface area contributed by atoms with Gasteiger partial charge in [0.25, 0.3) is 0 Å². The van der Waals surface area contributed by atoms with Crippen molar-refractivity contribution in [2.75, 3.05) is 5.32 Å². The number of rotatable bonds is 5. The highest BCUT2D eigenvalue weighted by Gasteiger charge is 2.18. The van der Waals surface area contributed by atoms with Gasteiger partial charge in [0, 0.05) is 5.69 Å². The van der Waals surface area contributed by atoms with Crippen LogP contribution in [0.5, 0.6) is 0 Å². The highest BCUT2D eigenvalue weighted by atomic mass is 32.1. The number of benzene rings is 1. The monoisotopic (exact) mass is 314 g/mol. The van der Waals surface area contributed by atoms with E-state index < -0.39 is 5.25 Å². The molecule has 0 radical (unpaired) electrons. The average Bonchev–Trinajstić information content (AvgIpc) is 3.15. The molecule has 1 aromatic carbocycles. The zero-order valence-electron chi connectivity index (χ0n) is 11.8. The molecule has 2 N–H and O–H groups in total. The minimum absolute atomic E-state index is 0.256. The summed E-state index contributed by atoms with van der Waals surface area (Å²) in [6, 6.07) is 11.2. The van der Waals surface area contributed by atoms with Crippen molar-refractivity contribution < 1.29 is 9.21 Å². The summed E-state index contributed by atoms with van der Waals surface area (Å²) in [5.41, 5.74) is 2.05. The minimum atomic E-state index is -0.422. The number of nitrogens with one attached hydrogen (secondary N) is 2. The van der Waals surface area contributed by atoms with Crippen LogP contribution in [0.15, 0.2) is 40.8 Å². The van der Waals surface area contributed by atoms with E-state index in [0.29, 0.717) is 23.8 Å². The quantitative estimate of drug-likeness (QED) is 0.497. The Labute approximate surface area is 132 Å². The Morgan fingerprint density at radius 2 is 2.23 bits per heavy atom. The van der Waals surface area contributed by atoms with Crippen LogP contribution in [0.25, 0.3) is 0 Å². The van der Waals surface area contributed by atoms with Crippen LogP contribution in [0.3, 0.4) is 0 Å². The maximum absolute atomic E-state index is 10.6. The predicted octanol–water partition coefficient (Wildman–Crippen LogP) is 3.28. The van der Waals surface area contributed by atoms with Gasteiger partial charge in [-0.15, -0.1) is 5.10 Å². The summed E-state index contributed by atoms with van der Waals surface area (Å²) in [7, 11) is 0. The summed E-state index contributed by atoms with van der Waals surface area (Å²) in [6.07, 6.45) is 0.648. The Balaban J connectivity index is 1.76. The van der Waals surface area contributed by atoms with Crippen molar-refractivity contribution >= 4 is 30.6 Å². The zero-order valence-corrected chi connectivity index (χ0v) is 12.7. The highest BCUT2D eigenvalue weighted by Crippen LogP contribution is 2.27. The SMILES string of the molecule is Cc1cccc(Nc2n[nH]c(C(S)c3ccc(C=O)o3)n2)c1. The Kier molecular flexibility index (Phi) is 3.97. The van der Waals surface area contributed by atoms with Crippen LogP contribution < -0.4 is 5.32 Å². The number of thiol groups is 1. The van der Waals surface area contributed by atoms with Crippen molar-refractivity contribution in [2.24, 2.45) is 0 Å². The molecule has 6 nitrogen and oxygen atoms in total. The van der Waals surface area contributed by atoms with Crippen molar-refractivity contribution in [3.63, 3.8) is 0 Å². The molecule has 3 aromatic rings. The van der Waals surface area contributed by atoms with E-state index in [1.165, 1.54) is 0 Å². The Hall–Kier alpha value is -2.54. The van der Waals surface area contributed by atoms with Crippen LogP contribution in [-0.4, -0.2) is 21.5 Å². The molecular formula is C15H14N4O2S. The van der Waals surface area contributed by atoms with Gasteiger partial charge in [0.15, 0.2) is 12.0 Å². The second kappa shape index (κ2) is 6.07. The largest absolute Gasteiger partial charge is 0.457 e. The number of nitrogens with zero attached hydrogens (tertiary/aromatic N) is 2. The first kappa shape index (κ1) is 14.4. The molecule has 1 unspecified atom stereocenters. The number of aromatic nitrogens is 3. The molecule has 112 valence electrons. The van der Waals surface area contributed by atoms with Gasteiger partial charge in [0.1, 0.15) is 16.8 Å². The number of hydrogen-bond acceptors (Lipinski definition) is 6. The van der Waals surface area contributed by atoms with Crippen LogP contribution in [0.4, 0.5) is 11.6 Å². The molecule has 1 atom stereocenters. The topological polar surface area (TPSA) is 83.8 Å². The average molecular weight is 314 g/mol. The first-order valence-corrected chi connectivity index (χ1v) is 7.16. The molecule has 0 spiro atoms. The maximum atomic E-state index is 10.6. The molecule has 2 heterocycles. The van der Waals surface area contributed by atoms with E-state index in [9.17, 15) is 4.79 Å². The van der Waals surface area contributed by atoms with E-state index in [4.69, 9.17) is 4.42 Å². The molecule has 0 aliphatic rings. The van der Waals surface area contributed by atoms with Gasteiger partial charge in [0.05, 0.1) is 0 Å². The number of aryl methyl sites for hydroxylation is 1. The standard InChI is InChI=1S/C15H14N4O2S/c1-9-3-2-4-10(7-9)16-15-17-14(18-19-15)13(22)12-6-5-11(8-20)21-12/h2-8,13,22H,1H3,(H2,16,17,18,19). The molecule has 3 rings (SSSR count). The summed E-state index contributed by atoms with van der Waals surface area (Å²) in [5.74, 6) is 1.77. The number of H-pyrrole nitrogens is 1. The van der Waals surface area contributed by atoms with Crippen LogP contribution >= 0.6 is 12.6 Å². The predicted molar refractivity (Wildman–Crippen MR) is 85.8 cm³/mol. The minimum Gasteiger partial charge on any atom is -0.457 e. The van der Waals surface area contributed by atoms with Gasteiger partial charge in [-0.1, -0.05) is 12.1 Å². The van der Waals surface area contributed by atoms with Crippen molar-refractivity contribution in [3.8, 4) is 0 Å². The first-order valence-electron chi connectivity index (χ1n) is 6.64. The first-order chi connectivity index (χ1) is 10.7. The van der Waals surface area contributed by atoms with E-state index in [0.717, 1.165) is 11.3 Å². The lowest BCUT2D eigenvalue weighted by atomic mass is 10.2. The molecule has 2 aromatic heterocycles. The Morgan fingerprint density at radius 3 is 2.95 bits per heavy atom. The fourth-order valence-electron chi connectivity index (χ4n) is 2.02. The van der Waals surface area contributed by atoms with Crippen LogP contribution in [0, 0.1) is 6.92 Å². The van der Waals surface area contributed by atoms with E-state index in [2.05, 4.69) is 33.1 Å². The Bertz CT molecular complexity index is 796. The molecular weight excluding hydrogens is 300 g/mol. The summed E-state index contributed by atoms with van der Waals surface area (Å²) in [5, 5.41) is 9.62. The molecule has 7 heteroatoms. The van der Waals surface area contributed by atoms with Gasteiger partial charge in [-0.2, -0.15) is 17.6 Å². The second-order valence-electron chi connectivity index (χ2n) is 4.80. The number of furan rings is 1. The fraction of sp³-hybridized carbons (Fsp3) is 0.133. The van der Waals surface area contributed by atoms with Gasteiger partial charge in [0.2, 0.25) is 5.95 Å². The third-order valence-corrected chi connectivity index (χ3v) is 3.57. The van der Waals surface area contributed by atoms with Gasteiger partial charge in [-0.25, -0.2) is 0 Å². The summed E-state index contributed by atoms with van der Waals surface area (Å²) < 4.78 is 5.34. The molecule has 22 heavy (non-hydrogen) atoms. The van der Waals surface area contributed by atoms with Crippen LogP contribution in [-0.2, 0) is 0 Å². The van der Waals surface area contributed by atoms with Gasteiger partial charge < -0.3 is 9.73 Å². The van der Waals surface area contributed by atoms with Crippen molar-refractivity contribution in [3.05, 3.63) is 59.3 Å². The van der Waals surface area contributed by atoms with E-state index >= 15 is 0 Å². The van der Waals surface area contributed by atoms with E-state index in [-0.39, 0.29) is 5.76 Å². The third-order valence-electron chi connectivity index (χ3n) is 3.07. The third kappa shape index (κ3) is 3.04. The number of carbonyl (C=O) groups excluding carboxylic acids is 1. The summed E-state index contributed by atoms with van der Waals surface area (Å²) in [4.78, 5) is 15.0. The van der Waals surface area contributed by atoms with Crippen molar-refractivity contribution in [2.45, 2.75) is 12.2 Å². The lowest BCUT2D eigenvalue weighted by molar-refractivity contribution is 0.109. The summed E-state index contributed by atoms with van der Waals surface area (Å²) in [6.45, 7) is 2.01. The van der Waals surface area contributed by atoms with Gasteiger partial charge in [-0.3, -0.25) is 9.89 Å². The summed E-state index contributed by atoms with van der Waals surface area (Å²) >= 11 is 4.45. The molecule has 0 bridgehead atoms. The van der Waals surface area contributed by atoms with E-state index in [1.54, 1.807) is 12.1 Å². The second-order valence-corrected chi connectivity index (χ2v) is 5.32. The van der Waals surface area contributed by atoms with Crippen LogP contribution in [0.2, 0.25) is 0 Å². The number of hydrogen-bond donors (Lipinski definition) is 3. The van der Waals surface area contributed by atoms with Crippen LogP contribution in [0.1, 0.15) is 33.0 Å². The molecule has 0 amide bonds.